The van der Waals surface area contributed by atoms with E-state index in [1.54, 1.807) is 25.3 Å². The number of aryl methyl sites for hydroxylation is 1. The molecule has 16 nitrogen and oxygen atoms in total. The largest absolute Gasteiger partial charge is 0.464 e. The molecule has 3 fully saturated rings. The number of aromatic nitrogens is 2. The SMILES string of the molecule is CCn1c(-c2cccnc2[C@H](C)OC)c2c3cc(ccc31)-c1cccc(c1)C[C@H](NC(=O)[C@H](C(C)C)N(C)C(=O)[C@H]1CCN(C(=O)C#C[C@@]3(N(C)C)CCOC3)C1)C(=O)N1CCC[C@H](N1)C(=O)OCC(C)(C)C2. The zero-order valence-corrected chi connectivity index (χ0v) is 44.4. The molecule has 6 heterocycles. The maximum Gasteiger partial charge on any atom is 0.324 e. The number of methoxy groups -OCH3 is 1. The van der Waals surface area contributed by atoms with Crippen LogP contribution in [0.3, 0.4) is 0 Å². The third-order valence-electron chi connectivity index (χ3n) is 15.4. The van der Waals surface area contributed by atoms with Gasteiger partial charge in [0.1, 0.15) is 23.7 Å². The Kier molecular flexibility index (Phi) is 16.1. The van der Waals surface area contributed by atoms with E-state index in [1.807, 2.05) is 58.0 Å². The summed E-state index contributed by atoms with van der Waals surface area (Å²) in [6.45, 7) is 14.8. The summed E-state index contributed by atoms with van der Waals surface area (Å²) in [7, 11) is 7.15. The summed E-state index contributed by atoms with van der Waals surface area (Å²) in [5.41, 5.74) is 9.91. The molecule has 0 aliphatic carbocycles. The van der Waals surface area contributed by atoms with Crippen LogP contribution in [0, 0.1) is 29.1 Å². The number of amides is 4. The average molecular weight is 999 g/mol. The summed E-state index contributed by atoms with van der Waals surface area (Å²) in [5, 5.41) is 5.60. The first-order valence-corrected chi connectivity index (χ1v) is 26.0. The smallest absolute Gasteiger partial charge is 0.324 e. The molecule has 390 valence electrons. The highest BCUT2D eigenvalue weighted by atomic mass is 16.5. The Morgan fingerprint density at radius 2 is 1.78 bits per heavy atom. The fraction of sp³-hybridized carbons (Fsp3) is 0.544. The number of fused-ring (bicyclic) bond motifs is 6. The van der Waals surface area contributed by atoms with Gasteiger partial charge in [0.2, 0.25) is 11.8 Å². The van der Waals surface area contributed by atoms with Crippen molar-refractivity contribution in [3.8, 4) is 34.2 Å². The summed E-state index contributed by atoms with van der Waals surface area (Å²) >= 11 is 0. The number of pyridine rings is 1. The van der Waals surface area contributed by atoms with E-state index in [0.29, 0.717) is 65.0 Å². The third kappa shape index (κ3) is 11.2. The molecule has 4 aromatic rings. The van der Waals surface area contributed by atoms with Gasteiger partial charge in [-0.25, -0.2) is 5.43 Å². The van der Waals surface area contributed by atoms with E-state index in [9.17, 15) is 24.0 Å². The normalized spacial score (nSPS) is 23.2. The molecular formula is C57H74N8O8. The van der Waals surface area contributed by atoms with E-state index in [0.717, 1.165) is 50.1 Å². The molecule has 0 saturated carbocycles. The number of nitrogens with one attached hydrogen (secondary N) is 2. The van der Waals surface area contributed by atoms with Gasteiger partial charge in [-0.2, -0.15) is 0 Å². The van der Waals surface area contributed by atoms with Gasteiger partial charge in [-0.3, -0.25) is 38.9 Å². The molecule has 0 spiro atoms. The zero-order chi connectivity index (χ0) is 52.4. The van der Waals surface area contributed by atoms with Crippen molar-refractivity contribution in [2.24, 2.45) is 17.3 Å². The van der Waals surface area contributed by atoms with Crippen LogP contribution in [-0.4, -0.2) is 150 Å². The van der Waals surface area contributed by atoms with Gasteiger partial charge in [0, 0.05) is 87.9 Å². The molecule has 2 N–H and O–H groups in total. The fourth-order valence-corrected chi connectivity index (χ4v) is 11.1. The third-order valence-corrected chi connectivity index (χ3v) is 15.4. The van der Waals surface area contributed by atoms with Gasteiger partial charge in [0.15, 0.2) is 0 Å². The van der Waals surface area contributed by atoms with Crippen molar-refractivity contribution in [3.05, 3.63) is 77.6 Å². The van der Waals surface area contributed by atoms with Crippen LogP contribution >= 0.6 is 0 Å². The molecule has 16 heteroatoms. The summed E-state index contributed by atoms with van der Waals surface area (Å²) in [4.78, 5) is 81.1. The molecule has 4 aliphatic rings. The van der Waals surface area contributed by atoms with E-state index in [2.05, 4.69) is 84.3 Å². The Labute approximate surface area is 430 Å². The second-order valence-electron chi connectivity index (χ2n) is 21.7. The number of carbonyl (C=O) groups excluding carboxylic acids is 5. The summed E-state index contributed by atoms with van der Waals surface area (Å²) in [5.74, 6) is 3.18. The number of hydrazine groups is 1. The molecular weight excluding hydrogens is 925 g/mol. The number of cyclic esters (lactones) is 1. The highest BCUT2D eigenvalue weighted by Crippen LogP contribution is 2.42. The predicted molar refractivity (Wildman–Crippen MR) is 279 cm³/mol. The number of hydrogen-bond acceptors (Lipinski definition) is 11. The number of likely N-dealkylation sites (N-methyl/N-ethyl adjacent to an activating group) is 2. The Hall–Kier alpha value is -6.12. The van der Waals surface area contributed by atoms with Crippen molar-refractivity contribution in [1.82, 2.24) is 40.0 Å². The van der Waals surface area contributed by atoms with E-state index < -0.39 is 52.8 Å². The average Bonchev–Trinajstić information content (AvgIpc) is 4.15. The molecule has 8 rings (SSSR count). The van der Waals surface area contributed by atoms with Crippen molar-refractivity contribution < 1.29 is 38.2 Å². The molecule has 4 amide bonds. The van der Waals surface area contributed by atoms with Crippen molar-refractivity contribution in [2.45, 2.75) is 116 Å². The molecule has 0 unspecified atom stereocenters. The Morgan fingerprint density at radius 3 is 2.49 bits per heavy atom. The van der Waals surface area contributed by atoms with E-state index in [4.69, 9.17) is 19.2 Å². The van der Waals surface area contributed by atoms with Crippen LogP contribution in [0.2, 0.25) is 0 Å². The number of rotatable bonds is 10. The molecule has 2 aromatic carbocycles. The Balaban J connectivity index is 1.11. The zero-order valence-electron chi connectivity index (χ0n) is 44.4. The van der Waals surface area contributed by atoms with Crippen LogP contribution in [0.5, 0.6) is 0 Å². The van der Waals surface area contributed by atoms with E-state index >= 15 is 0 Å². The van der Waals surface area contributed by atoms with Crippen molar-refractivity contribution in [1.29, 1.82) is 0 Å². The lowest BCUT2D eigenvalue weighted by Gasteiger charge is -2.37. The minimum Gasteiger partial charge on any atom is -0.464 e. The van der Waals surface area contributed by atoms with E-state index in [-0.39, 0.29) is 43.4 Å². The number of esters is 1. The summed E-state index contributed by atoms with van der Waals surface area (Å²) in [6.07, 6.45) is 4.39. The Bertz CT molecular complexity index is 2780. The second-order valence-corrected chi connectivity index (χ2v) is 21.7. The molecule has 6 atom stereocenters. The first kappa shape index (κ1) is 53.2. The summed E-state index contributed by atoms with van der Waals surface area (Å²) in [6, 6.07) is 15.8. The van der Waals surface area contributed by atoms with Gasteiger partial charge in [0.25, 0.3) is 11.8 Å². The quantitative estimate of drug-likeness (QED) is 0.146. The number of benzene rings is 2. The van der Waals surface area contributed by atoms with Gasteiger partial charge >= 0.3 is 5.97 Å². The minimum absolute atomic E-state index is 0.129. The number of hydrogen-bond donors (Lipinski definition) is 2. The van der Waals surface area contributed by atoms with Crippen molar-refractivity contribution in [2.75, 3.05) is 67.7 Å². The molecule has 6 bridgehead atoms. The minimum atomic E-state index is -1.07. The van der Waals surface area contributed by atoms with Gasteiger partial charge < -0.3 is 33.9 Å². The highest BCUT2D eigenvalue weighted by Gasteiger charge is 2.41. The molecule has 2 aromatic heterocycles. The molecule has 4 aliphatic heterocycles. The first-order valence-electron chi connectivity index (χ1n) is 26.0. The van der Waals surface area contributed by atoms with Crippen LogP contribution in [0.25, 0.3) is 33.3 Å². The maximum absolute atomic E-state index is 14.8. The van der Waals surface area contributed by atoms with Gasteiger partial charge in [-0.1, -0.05) is 63.9 Å². The lowest BCUT2D eigenvalue weighted by molar-refractivity contribution is -0.155. The van der Waals surface area contributed by atoms with Crippen LogP contribution < -0.4 is 10.7 Å². The standard InChI is InChI=1S/C57H74N8O8/c1-11-64-47-20-19-40-31-43(47)44(51(64)42-17-13-25-58-49(42)37(4)71-10)32-56(5,6)34-73-55(70)45-18-14-26-65(60-45)54(69)46(30-38-15-12-16-39(40)29-38)59-52(67)50(36(2)3)62(9)53(68)41-22-27-63(33-41)48(66)21-23-57(61(7)8)24-28-72-35-57/h12-13,15-17,19-20,25,29,31,36-37,41,45-46,50,60H,11,14,18,22,24,26-28,30,32-35H2,1-10H3,(H,59,67)/t37-,41-,45-,46-,50-,57+/m0/s1. The predicted octanol–water partition coefficient (Wildman–Crippen LogP) is 5.80. The lowest BCUT2D eigenvalue weighted by Crippen LogP contribution is -2.62. The second kappa shape index (κ2) is 22.2. The van der Waals surface area contributed by atoms with Crippen LogP contribution in [-0.2, 0) is 57.6 Å². The monoisotopic (exact) mass is 999 g/mol. The van der Waals surface area contributed by atoms with E-state index in [1.165, 1.54) is 9.91 Å². The van der Waals surface area contributed by atoms with Crippen LogP contribution in [0.1, 0.15) is 90.2 Å². The number of nitrogens with zero attached hydrogens (tertiary/aromatic N) is 6. The number of ether oxygens (including phenoxy) is 3. The first-order chi connectivity index (χ1) is 34.8. The fourth-order valence-electron chi connectivity index (χ4n) is 11.1. The van der Waals surface area contributed by atoms with Crippen molar-refractivity contribution in [3.63, 3.8) is 0 Å². The molecule has 3 saturated heterocycles. The topological polar surface area (TPSA) is 168 Å². The number of carbonyl (C=O) groups is 5. The Morgan fingerprint density at radius 1 is 1.00 bits per heavy atom. The van der Waals surface area contributed by atoms with Crippen LogP contribution in [0.4, 0.5) is 0 Å². The van der Waals surface area contributed by atoms with Gasteiger partial charge in [-0.15, -0.1) is 0 Å². The molecule has 0 radical (unpaired) electrons. The molecule has 73 heavy (non-hydrogen) atoms. The number of likely N-dealkylation sites (tertiary alicyclic amines) is 1. The van der Waals surface area contributed by atoms with Crippen molar-refractivity contribution >= 4 is 40.5 Å². The lowest BCUT2D eigenvalue weighted by atomic mass is 9.84. The van der Waals surface area contributed by atoms with Gasteiger partial charge in [0.05, 0.1) is 36.6 Å². The van der Waals surface area contributed by atoms with Gasteiger partial charge in [-0.05, 0) is 112 Å². The maximum atomic E-state index is 14.8. The highest BCUT2D eigenvalue weighted by molar-refractivity contribution is 5.97. The van der Waals surface area contributed by atoms with Crippen LogP contribution in [0.15, 0.2) is 60.8 Å². The summed E-state index contributed by atoms with van der Waals surface area (Å²) < 4.78 is 19.9.